The van der Waals surface area contributed by atoms with E-state index in [1.165, 1.54) is 0 Å². The van der Waals surface area contributed by atoms with E-state index < -0.39 is 0 Å². The van der Waals surface area contributed by atoms with E-state index in [0.29, 0.717) is 30.3 Å². The lowest BCUT2D eigenvalue weighted by Crippen LogP contribution is -2.40. The molecule has 3 aromatic rings. The number of likely N-dealkylation sites (tertiary alicyclic amines) is 1. The zero-order valence-electron chi connectivity index (χ0n) is 18.9. The highest BCUT2D eigenvalue weighted by atomic mass is 16.5. The summed E-state index contributed by atoms with van der Waals surface area (Å²) >= 11 is 0. The molecule has 8 nitrogen and oxygen atoms in total. The Morgan fingerprint density at radius 1 is 1.06 bits per heavy atom. The van der Waals surface area contributed by atoms with Crippen molar-refractivity contribution in [2.75, 3.05) is 38.8 Å². The van der Waals surface area contributed by atoms with E-state index in [0.717, 1.165) is 24.2 Å². The first-order valence-corrected chi connectivity index (χ1v) is 11.0. The predicted molar refractivity (Wildman–Crippen MR) is 125 cm³/mol. The van der Waals surface area contributed by atoms with Crippen LogP contribution in [0, 0.1) is 0 Å². The molecule has 0 atom stereocenters. The fourth-order valence-electron chi connectivity index (χ4n) is 3.96. The number of carbonyl (C=O) groups excluding carboxylic acids is 2. The number of piperidine rings is 1. The minimum atomic E-state index is -0.161. The first-order chi connectivity index (χ1) is 16.0. The maximum Gasteiger partial charge on any atom is 0.278 e. The summed E-state index contributed by atoms with van der Waals surface area (Å²) in [5.41, 5.74) is 2.14. The normalized spacial score (nSPS) is 14.1. The Morgan fingerprint density at radius 2 is 1.79 bits per heavy atom. The van der Waals surface area contributed by atoms with Gasteiger partial charge in [-0.05, 0) is 43.2 Å². The Balaban J connectivity index is 1.29. The van der Waals surface area contributed by atoms with E-state index in [9.17, 15) is 9.59 Å². The third kappa shape index (κ3) is 5.34. The lowest BCUT2D eigenvalue weighted by Gasteiger charge is -2.31. The number of H-pyrrole nitrogens is 1. The van der Waals surface area contributed by atoms with Gasteiger partial charge in [-0.25, -0.2) is 0 Å². The molecule has 4 rings (SSSR count). The van der Waals surface area contributed by atoms with Crippen molar-refractivity contribution < 1.29 is 19.1 Å². The molecular formula is C25H28N4O4. The number of rotatable bonds is 7. The zero-order chi connectivity index (χ0) is 23.2. The van der Waals surface area contributed by atoms with Gasteiger partial charge in [-0.2, -0.15) is 5.10 Å². The van der Waals surface area contributed by atoms with Crippen LogP contribution in [0.2, 0.25) is 0 Å². The van der Waals surface area contributed by atoms with Gasteiger partial charge in [0, 0.05) is 43.5 Å². The number of methoxy groups -OCH3 is 1. The van der Waals surface area contributed by atoms with Crippen LogP contribution in [-0.4, -0.2) is 60.8 Å². The summed E-state index contributed by atoms with van der Waals surface area (Å²) in [5.74, 6) is 1.32. The first kappa shape index (κ1) is 22.4. The van der Waals surface area contributed by atoms with Crippen LogP contribution in [0.3, 0.4) is 0 Å². The molecule has 2 amide bonds. The molecule has 8 heteroatoms. The summed E-state index contributed by atoms with van der Waals surface area (Å²) in [5, 5.41) is 7.27. The smallest absolute Gasteiger partial charge is 0.278 e. The number of aromatic nitrogens is 2. The van der Waals surface area contributed by atoms with E-state index in [4.69, 9.17) is 9.47 Å². The topological polar surface area (TPSA) is 87.8 Å². The van der Waals surface area contributed by atoms with Crippen molar-refractivity contribution in [1.29, 1.82) is 0 Å². The second-order valence-electron chi connectivity index (χ2n) is 8.03. The van der Waals surface area contributed by atoms with Gasteiger partial charge in [0.25, 0.3) is 11.8 Å². The van der Waals surface area contributed by atoms with E-state index in [2.05, 4.69) is 10.2 Å². The monoisotopic (exact) mass is 448 g/mol. The summed E-state index contributed by atoms with van der Waals surface area (Å²) in [7, 11) is 3.33. The van der Waals surface area contributed by atoms with Crippen LogP contribution >= 0.6 is 0 Å². The molecule has 0 unspecified atom stereocenters. The van der Waals surface area contributed by atoms with Crippen LogP contribution in [-0.2, 0) is 4.79 Å². The summed E-state index contributed by atoms with van der Waals surface area (Å²) in [6.45, 7) is 1.26. The number of carbonyl (C=O) groups is 2. The van der Waals surface area contributed by atoms with Gasteiger partial charge in [0.1, 0.15) is 11.5 Å². The number of hydrogen-bond donors (Lipinski definition) is 1. The van der Waals surface area contributed by atoms with Gasteiger partial charge >= 0.3 is 0 Å². The second kappa shape index (κ2) is 10.2. The third-order valence-corrected chi connectivity index (χ3v) is 5.96. The highest BCUT2D eigenvalue weighted by Crippen LogP contribution is 2.28. The molecule has 0 radical (unpaired) electrons. The molecule has 1 aliphatic rings. The molecule has 1 N–H and O–H groups in total. The SMILES string of the molecule is COc1cccc(OCC(=O)N2CCC(c3cc(C(=O)N(C)c4ccccc4)n[nH]3)CC2)c1. The standard InChI is InChI=1S/C25H28N4O4/c1-28(19-7-4-3-5-8-19)25(31)23-16-22(26-27-23)18-11-13-29(14-12-18)24(30)17-33-21-10-6-9-20(15-21)32-2/h3-10,15-16,18H,11-14,17H2,1-2H3,(H,26,27). The fourth-order valence-corrected chi connectivity index (χ4v) is 3.96. The van der Waals surface area contributed by atoms with E-state index >= 15 is 0 Å². The summed E-state index contributed by atoms with van der Waals surface area (Å²) in [6, 6.07) is 18.5. The zero-order valence-corrected chi connectivity index (χ0v) is 18.9. The molecule has 1 fully saturated rings. The van der Waals surface area contributed by atoms with Gasteiger partial charge in [0.2, 0.25) is 0 Å². The number of aromatic amines is 1. The highest BCUT2D eigenvalue weighted by Gasteiger charge is 2.26. The van der Waals surface area contributed by atoms with Crippen LogP contribution in [0.25, 0.3) is 0 Å². The molecule has 2 heterocycles. The van der Waals surface area contributed by atoms with Crippen molar-refractivity contribution in [2.24, 2.45) is 0 Å². The summed E-state index contributed by atoms with van der Waals surface area (Å²) in [4.78, 5) is 28.8. The maximum atomic E-state index is 12.8. The molecule has 0 bridgehead atoms. The third-order valence-electron chi connectivity index (χ3n) is 5.96. The largest absolute Gasteiger partial charge is 0.497 e. The maximum absolute atomic E-state index is 12.8. The quantitative estimate of drug-likeness (QED) is 0.598. The second-order valence-corrected chi connectivity index (χ2v) is 8.03. The molecule has 33 heavy (non-hydrogen) atoms. The van der Waals surface area contributed by atoms with Gasteiger partial charge in [0.15, 0.2) is 12.3 Å². The van der Waals surface area contributed by atoms with Crippen molar-refractivity contribution in [3.05, 3.63) is 72.1 Å². The van der Waals surface area contributed by atoms with E-state index in [-0.39, 0.29) is 24.3 Å². The van der Waals surface area contributed by atoms with Crippen molar-refractivity contribution in [3.63, 3.8) is 0 Å². The average molecular weight is 449 g/mol. The fraction of sp³-hybridized carbons (Fsp3) is 0.320. The minimum absolute atomic E-state index is 0.00758. The number of nitrogens with one attached hydrogen (secondary N) is 1. The number of para-hydroxylation sites is 1. The van der Waals surface area contributed by atoms with Crippen molar-refractivity contribution in [1.82, 2.24) is 15.1 Å². The highest BCUT2D eigenvalue weighted by molar-refractivity contribution is 6.04. The van der Waals surface area contributed by atoms with Crippen molar-refractivity contribution >= 4 is 17.5 Å². The van der Waals surface area contributed by atoms with Gasteiger partial charge < -0.3 is 19.3 Å². The minimum Gasteiger partial charge on any atom is -0.497 e. The molecular weight excluding hydrogens is 420 g/mol. The van der Waals surface area contributed by atoms with E-state index in [1.54, 1.807) is 31.2 Å². The van der Waals surface area contributed by atoms with E-state index in [1.807, 2.05) is 53.4 Å². The molecule has 0 aliphatic carbocycles. The summed E-state index contributed by atoms with van der Waals surface area (Å²) in [6.07, 6.45) is 1.60. The number of ether oxygens (including phenoxy) is 2. The lowest BCUT2D eigenvalue weighted by molar-refractivity contribution is -0.134. The molecule has 2 aromatic carbocycles. The number of nitrogens with zero attached hydrogens (tertiary/aromatic N) is 3. The van der Waals surface area contributed by atoms with Gasteiger partial charge in [-0.1, -0.05) is 24.3 Å². The summed E-state index contributed by atoms with van der Waals surface area (Å²) < 4.78 is 10.8. The van der Waals surface area contributed by atoms with Gasteiger partial charge in [-0.15, -0.1) is 0 Å². The van der Waals surface area contributed by atoms with Crippen LogP contribution in [0.5, 0.6) is 11.5 Å². The van der Waals surface area contributed by atoms with Crippen LogP contribution in [0.15, 0.2) is 60.7 Å². The molecule has 0 spiro atoms. The molecule has 172 valence electrons. The van der Waals surface area contributed by atoms with Crippen LogP contribution in [0.4, 0.5) is 5.69 Å². The Morgan fingerprint density at radius 3 is 2.52 bits per heavy atom. The van der Waals surface area contributed by atoms with Crippen molar-refractivity contribution in [3.8, 4) is 11.5 Å². The Kier molecular flexibility index (Phi) is 6.92. The molecule has 0 saturated carbocycles. The average Bonchev–Trinajstić information content (AvgIpc) is 3.37. The first-order valence-electron chi connectivity index (χ1n) is 11.0. The molecule has 1 saturated heterocycles. The Hall–Kier alpha value is -3.81. The van der Waals surface area contributed by atoms with Crippen LogP contribution < -0.4 is 14.4 Å². The number of benzene rings is 2. The van der Waals surface area contributed by atoms with Gasteiger partial charge in [0.05, 0.1) is 7.11 Å². The number of hydrogen-bond acceptors (Lipinski definition) is 5. The molecule has 1 aliphatic heterocycles. The Labute approximate surface area is 193 Å². The lowest BCUT2D eigenvalue weighted by atomic mass is 9.93. The molecule has 1 aromatic heterocycles. The predicted octanol–water partition coefficient (Wildman–Crippen LogP) is 3.48. The van der Waals surface area contributed by atoms with Gasteiger partial charge in [-0.3, -0.25) is 14.7 Å². The van der Waals surface area contributed by atoms with Crippen molar-refractivity contribution in [2.45, 2.75) is 18.8 Å². The number of amides is 2. The number of anilines is 1. The van der Waals surface area contributed by atoms with Crippen LogP contribution in [0.1, 0.15) is 34.9 Å². The Bertz CT molecular complexity index is 1090.